The van der Waals surface area contributed by atoms with Crippen molar-refractivity contribution in [2.75, 3.05) is 53.6 Å². The Morgan fingerprint density at radius 2 is 1.86 bits per heavy atom. The molecule has 2 rings (SSSR count). The van der Waals surface area contributed by atoms with Gasteiger partial charge in [0.25, 0.3) is 0 Å². The molecule has 4 nitrogen and oxygen atoms in total. The largest absolute Gasteiger partial charge is 0.497 e. The lowest BCUT2D eigenvalue weighted by Gasteiger charge is -2.41. The van der Waals surface area contributed by atoms with Crippen molar-refractivity contribution in [1.82, 2.24) is 9.80 Å². The van der Waals surface area contributed by atoms with Crippen LogP contribution in [0.25, 0.3) is 0 Å². The lowest BCUT2D eigenvalue weighted by atomic mass is 10.1. The fraction of sp³-hybridized carbons (Fsp3) is 0.667. The molecule has 0 N–H and O–H groups in total. The van der Waals surface area contributed by atoms with Crippen LogP contribution in [0.4, 0.5) is 0 Å². The van der Waals surface area contributed by atoms with E-state index in [0.717, 1.165) is 45.0 Å². The molecule has 1 saturated heterocycles. The molecule has 0 amide bonds. The summed E-state index contributed by atoms with van der Waals surface area (Å²) in [5, 5.41) is 0. The van der Waals surface area contributed by atoms with Crippen LogP contribution in [0.3, 0.4) is 0 Å². The maximum atomic E-state index is 5.22. The van der Waals surface area contributed by atoms with E-state index in [4.69, 9.17) is 9.47 Å². The number of nitrogens with zero attached hydrogens (tertiary/aromatic N) is 2. The molecule has 0 radical (unpaired) electrons. The summed E-state index contributed by atoms with van der Waals surface area (Å²) in [6.07, 6.45) is 2.32. The summed E-state index contributed by atoms with van der Waals surface area (Å²) in [4.78, 5) is 5.18. The molecule has 1 aliphatic rings. The molecule has 1 aromatic rings. The van der Waals surface area contributed by atoms with E-state index < -0.39 is 0 Å². The first-order valence-corrected chi connectivity index (χ1v) is 8.35. The Bertz CT molecular complexity index is 422. The number of methoxy groups -OCH3 is 2. The second-order valence-electron chi connectivity index (χ2n) is 5.99. The van der Waals surface area contributed by atoms with Gasteiger partial charge in [-0.1, -0.05) is 19.1 Å². The first-order chi connectivity index (χ1) is 10.8. The van der Waals surface area contributed by atoms with Crippen LogP contribution in [0, 0.1) is 0 Å². The minimum atomic E-state index is 0.666. The average molecular weight is 306 g/mol. The highest BCUT2D eigenvalue weighted by Gasteiger charge is 2.24. The van der Waals surface area contributed by atoms with Crippen LogP contribution < -0.4 is 4.74 Å². The van der Waals surface area contributed by atoms with E-state index in [9.17, 15) is 0 Å². The maximum Gasteiger partial charge on any atom is 0.118 e. The van der Waals surface area contributed by atoms with E-state index >= 15 is 0 Å². The second-order valence-corrected chi connectivity index (χ2v) is 5.99. The molecule has 1 unspecified atom stereocenters. The number of hydrogen-bond donors (Lipinski definition) is 0. The van der Waals surface area contributed by atoms with Crippen molar-refractivity contribution in [2.45, 2.75) is 25.8 Å². The van der Waals surface area contributed by atoms with Crippen molar-refractivity contribution >= 4 is 0 Å². The molecule has 0 spiro atoms. The van der Waals surface area contributed by atoms with Crippen molar-refractivity contribution < 1.29 is 9.47 Å². The van der Waals surface area contributed by atoms with Crippen molar-refractivity contribution in [2.24, 2.45) is 0 Å². The highest BCUT2D eigenvalue weighted by Crippen LogP contribution is 2.15. The van der Waals surface area contributed by atoms with Gasteiger partial charge >= 0.3 is 0 Å². The molecular formula is C18H30N2O2. The Labute approximate surface area is 135 Å². The van der Waals surface area contributed by atoms with Crippen molar-refractivity contribution in [3.63, 3.8) is 0 Å². The van der Waals surface area contributed by atoms with E-state index in [1.807, 2.05) is 12.1 Å². The average Bonchev–Trinajstić information content (AvgIpc) is 2.58. The molecule has 1 atom stereocenters. The number of benzene rings is 1. The van der Waals surface area contributed by atoms with Gasteiger partial charge in [0, 0.05) is 45.9 Å². The van der Waals surface area contributed by atoms with Crippen molar-refractivity contribution in [1.29, 1.82) is 0 Å². The van der Waals surface area contributed by atoms with E-state index in [0.29, 0.717) is 6.04 Å². The van der Waals surface area contributed by atoms with Crippen LogP contribution >= 0.6 is 0 Å². The molecule has 22 heavy (non-hydrogen) atoms. The van der Waals surface area contributed by atoms with Crippen molar-refractivity contribution in [3.05, 3.63) is 29.8 Å². The second kappa shape index (κ2) is 9.13. The fourth-order valence-corrected chi connectivity index (χ4v) is 3.13. The summed E-state index contributed by atoms with van der Waals surface area (Å²) in [5.74, 6) is 0.932. The van der Waals surface area contributed by atoms with E-state index in [2.05, 4.69) is 28.9 Å². The highest BCUT2D eigenvalue weighted by molar-refractivity contribution is 5.27. The molecule has 4 heteroatoms. The summed E-state index contributed by atoms with van der Waals surface area (Å²) >= 11 is 0. The number of ether oxygens (including phenoxy) is 2. The molecule has 1 heterocycles. The SMILES string of the molecule is CCC1CN(CCc2ccc(OC)cc2)CCN1CCOC. The molecule has 1 aliphatic heterocycles. The van der Waals surface area contributed by atoms with Gasteiger partial charge in [-0.15, -0.1) is 0 Å². The zero-order chi connectivity index (χ0) is 15.8. The Balaban J connectivity index is 1.78. The normalized spacial score (nSPS) is 20.2. The minimum Gasteiger partial charge on any atom is -0.497 e. The van der Waals surface area contributed by atoms with Gasteiger partial charge in [-0.2, -0.15) is 0 Å². The molecule has 1 fully saturated rings. The quantitative estimate of drug-likeness (QED) is 0.736. The third kappa shape index (κ3) is 4.97. The topological polar surface area (TPSA) is 24.9 Å². The molecule has 0 aromatic heterocycles. The molecule has 124 valence electrons. The van der Waals surface area contributed by atoms with Gasteiger partial charge in [0.15, 0.2) is 0 Å². The van der Waals surface area contributed by atoms with Crippen molar-refractivity contribution in [3.8, 4) is 5.75 Å². The van der Waals surface area contributed by atoms with Gasteiger partial charge in [0.2, 0.25) is 0 Å². The zero-order valence-electron chi connectivity index (χ0n) is 14.3. The van der Waals surface area contributed by atoms with Gasteiger partial charge in [-0.25, -0.2) is 0 Å². The van der Waals surface area contributed by atoms with Crippen LogP contribution in [0.5, 0.6) is 5.75 Å². The van der Waals surface area contributed by atoms with E-state index in [1.165, 1.54) is 18.5 Å². The predicted molar refractivity (Wildman–Crippen MR) is 90.7 cm³/mol. The van der Waals surface area contributed by atoms with Crippen LogP contribution in [-0.2, 0) is 11.2 Å². The van der Waals surface area contributed by atoms with Gasteiger partial charge in [-0.05, 0) is 30.5 Å². The number of rotatable bonds is 8. The van der Waals surface area contributed by atoms with Gasteiger partial charge in [-0.3, -0.25) is 4.90 Å². The summed E-state index contributed by atoms with van der Waals surface area (Å²) < 4.78 is 10.4. The Hall–Kier alpha value is -1.10. The summed E-state index contributed by atoms with van der Waals surface area (Å²) in [6, 6.07) is 9.11. The standard InChI is InChI=1S/C18H30N2O2/c1-4-17-15-19(11-12-20(17)13-14-21-2)10-9-16-5-7-18(22-3)8-6-16/h5-8,17H,4,9-15H2,1-3H3. The highest BCUT2D eigenvalue weighted by atomic mass is 16.5. The van der Waals surface area contributed by atoms with Crippen LogP contribution in [0.15, 0.2) is 24.3 Å². The lowest BCUT2D eigenvalue weighted by molar-refractivity contribution is 0.0503. The fourth-order valence-electron chi connectivity index (χ4n) is 3.13. The number of hydrogen-bond acceptors (Lipinski definition) is 4. The molecule has 0 bridgehead atoms. The Morgan fingerprint density at radius 1 is 1.09 bits per heavy atom. The summed E-state index contributed by atoms with van der Waals surface area (Å²) in [7, 11) is 3.50. The lowest BCUT2D eigenvalue weighted by Crippen LogP contribution is -2.53. The molecule has 1 aromatic carbocycles. The van der Waals surface area contributed by atoms with Gasteiger partial charge in [0.05, 0.1) is 13.7 Å². The van der Waals surface area contributed by atoms with Crippen LogP contribution in [0.2, 0.25) is 0 Å². The third-order valence-corrected chi connectivity index (χ3v) is 4.62. The molecular weight excluding hydrogens is 276 g/mol. The third-order valence-electron chi connectivity index (χ3n) is 4.62. The van der Waals surface area contributed by atoms with E-state index in [-0.39, 0.29) is 0 Å². The summed E-state index contributed by atoms with van der Waals surface area (Å²) in [6.45, 7) is 8.82. The Morgan fingerprint density at radius 3 is 2.50 bits per heavy atom. The zero-order valence-corrected chi connectivity index (χ0v) is 14.3. The first kappa shape index (κ1) is 17.3. The first-order valence-electron chi connectivity index (χ1n) is 8.35. The van der Waals surface area contributed by atoms with Crippen LogP contribution in [-0.4, -0.2) is 69.4 Å². The minimum absolute atomic E-state index is 0.666. The van der Waals surface area contributed by atoms with Crippen LogP contribution in [0.1, 0.15) is 18.9 Å². The predicted octanol–water partition coefficient (Wildman–Crippen LogP) is 2.28. The molecule has 0 saturated carbocycles. The monoisotopic (exact) mass is 306 g/mol. The molecule has 0 aliphatic carbocycles. The maximum absolute atomic E-state index is 5.22. The van der Waals surface area contributed by atoms with E-state index in [1.54, 1.807) is 14.2 Å². The Kier molecular flexibility index (Phi) is 7.16. The van der Waals surface area contributed by atoms with Gasteiger partial charge < -0.3 is 14.4 Å². The summed E-state index contributed by atoms with van der Waals surface area (Å²) in [5.41, 5.74) is 1.38. The van der Waals surface area contributed by atoms with Gasteiger partial charge in [0.1, 0.15) is 5.75 Å². The smallest absolute Gasteiger partial charge is 0.118 e. The number of piperazine rings is 1.